The Morgan fingerprint density at radius 1 is 1.25 bits per heavy atom. The van der Waals surface area contributed by atoms with Crippen LogP contribution in [0.1, 0.15) is 5.56 Å². The first kappa shape index (κ1) is 11.0. The highest BCUT2D eigenvalue weighted by molar-refractivity contribution is 7.80. The fraction of sp³-hybridized carbons (Fsp3) is 0.125. The van der Waals surface area contributed by atoms with E-state index in [2.05, 4.69) is 11.7 Å². The predicted molar refractivity (Wildman–Crippen MR) is 53.5 cm³/mol. The summed E-state index contributed by atoms with van der Waals surface area (Å²) in [7, 11) is 1.58. The number of hydrogen-bond donors (Lipinski definition) is 2. The molecule has 0 fully saturated rings. The van der Waals surface area contributed by atoms with Gasteiger partial charge in [0.1, 0.15) is 0 Å². The van der Waals surface area contributed by atoms with E-state index in [1.54, 1.807) is 7.11 Å². The van der Waals surface area contributed by atoms with Crippen molar-refractivity contribution in [1.29, 1.82) is 0 Å². The number of methoxy groups -OCH3 is 1. The van der Waals surface area contributed by atoms with E-state index in [4.69, 9.17) is 17.0 Å². The normalized spacial score (nSPS) is 7.92. The van der Waals surface area contributed by atoms with Crippen molar-refractivity contribution in [3.8, 4) is 0 Å². The van der Waals surface area contributed by atoms with Gasteiger partial charge in [0.25, 0.3) is 0 Å². The summed E-state index contributed by atoms with van der Waals surface area (Å²) < 4.78 is 4.87. The lowest BCUT2D eigenvalue weighted by atomic mass is 10.2. The second-order valence-electron chi connectivity index (χ2n) is 1.86. The molecular weight excluding hydrogens is 172 g/mol. The molecule has 0 saturated carbocycles. The van der Waals surface area contributed by atoms with Crippen LogP contribution < -0.4 is 11.7 Å². The molecule has 4 N–H and O–H groups in total. The average molecular weight is 184 g/mol. The third kappa shape index (κ3) is 3.43. The molecule has 0 bridgehead atoms. The van der Waals surface area contributed by atoms with E-state index in [1.807, 2.05) is 30.3 Å². The molecule has 0 spiro atoms. The third-order valence-electron chi connectivity index (χ3n) is 1.19. The fourth-order valence-corrected chi connectivity index (χ4v) is 0.828. The zero-order chi connectivity index (χ0) is 9.40. The SMILES string of the molecule is COC(=S)c1ccccc1.NN. The van der Waals surface area contributed by atoms with Gasteiger partial charge in [-0.25, -0.2) is 0 Å². The molecule has 0 saturated heterocycles. The van der Waals surface area contributed by atoms with Crippen LogP contribution in [0.3, 0.4) is 0 Å². The van der Waals surface area contributed by atoms with Crippen molar-refractivity contribution in [2.75, 3.05) is 7.11 Å². The molecule has 0 atom stereocenters. The monoisotopic (exact) mass is 184 g/mol. The maximum atomic E-state index is 4.90. The predicted octanol–water partition coefficient (Wildman–Crippen LogP) is 0.827. The van der Waals surface area contributed by atoms with E-state index in [0.29, 0.717) is 5.05 Å². The molecule has 66 valence electrons. The maximum Gasteiger partial charge on any atom is 0.190 e. The molecular formula is C8H12N2OS. The van der Waals surface area contributed by atoms with Crippen LogP contribution in [0.25, 0.3) is 0 Å². The quantitative estimate of drug-likeness (QED) is 0.385. The van der Waals surface area contributed by atoms with E-state index in [1.165, 1.54) is 0 Å². The summed E-state index contributed by atoms with van der Waals surface area (Å²) in [5.74, 6) is 8.00. The van der Waals surface area contributed by atoms with Crippen molar-refractivity contribution >= 4 is 17.3 Å². The highest BCUT2D eigenvalue weighted by Crippen LogP contribution is 2.00. The molecule has 4 heteroatoms. The molecule has 0 aliphatic carbocycles. The maximum absolute atomic E-state index is 4.90. The highest BCUT2D eigenvalue weighted by Gasteiger charge is 1.95. The number of hydrogen-bond acceptors (Lipinski definition) is 4. The van der Waals surface area contributed by atoms with Gasteiger partial charge in [0.05, 0.1) is 7.11 Å². The number of hydrazine groups is 1. The fourth-order valence-electron chi connectivity index (χ4n) is 0.692. The first-order valence-electron chi connectivity index (χ1n) is 3.31. The zero-order valence-corrected chi connectivity index (χ0v) is 7.67. The minimum atomic E-state index is 0.542. The summed E-state index contributed by atoms with van der Waals surface area (Å²) in [5.41, 5.74) is 0.958. The molecule has 0 aliphatic heterocycles. The van der Waals surface area contributed by atoms with Gasteiger partial charge in [0.2, 0.25) is 0 Å². The third-order valence-corrected chi connectivity index (χ3v) is 1.60. The molecule has 0 amide bonds. The molecule has 0 heterocycles. The topological polar surface area (TPSA) is 61.3 Å². The Bertz CT molecular complexity index is 226. The van der Waals surface area contributed by atoms with Crippen LogP contribution in [0.2, 0.25) is 0 Å². The number of nitrogens with two attached hydrogens (primary N) is 2. The van der Waals surface area contributed by atoms with Crippen molar-refractivity contribution in [1.82, 2.24) is 0 Å². The lowest BCUT2D eigenvalue weighted by Crippen LogP contribution is -2.02. The molecule has 0 aliphatic rings. The van der Waals surface area contributed by atoms with Crippen LogP contribution in [0.4, 0.5) is 0 Å². The van der Waals surface area contributed by atoms with Crippen LogP contribution in [0.5, 0.6) is 0 Å². The van der Waals surface area contributed by atoms with Crippen LogP contribution >= 0.6 is 12.2 Å². The minimum absolute atomic E-state index is 0.542. The van der Waals surface area contributed by atoms with Crippen LogP contribution in [-0.2, 0) is 4.74 Å². The van der Waals surface area contributed by atoms with E-state index in [0.717, 1.165) is 5.56 Å². The summed E-state index contributed by atoms with van der Waals surface area (Å²) in [4.78, 5) is 0. The van der Waals surface area contributed by atoms with Gasteiger partial charge in [0, 0.05) is 5.56 Å². The molecule has 1 aromatic rings. The number of thiocarbonyl (C=S) groups is 1. The lowest BCUT2D eigenvalue weighted by molar-refractivity contribution is 0.416. The number of benzene rings is 1. The van der Waals surface area contributed by atoms with E-state index in [9.17, 15) is 0 Å². The van der Waals surface area contributed by atoms with Crippen LogP contribution in [0, 0.1) is 0 Å². The summed E-state index contributed by atoms with van der Waals surface area (Å²) in [6.07, 6.45) is 0. The smallest absolute Gasteiger partial charge is 0.190 e. The van der Waals surface area contributed by atoms with Gasteiger partial charge in [-0.05, 0) is 12.2 Å². The van der Waals surface area contributed by atoms with Crippen LogP contribution in [0.15, 0.2) is 30.3 Å². The molecule has 1 rings (SSSR count). The molecule has 12 heavy (non-hydrogen) atoms. The molecule has 3 nitrogen and oxygen atoms in total. The summed E-state index contributed by atoms with van der Waals surface area (Å²) in [6.45, 7) is 0. The Kier molecular flexibility index (Phi) is 6.18. The van der Waals surface area contributed by atoms with Crippen molar-refractivity contribution in [2.24, 2.45) is 11.7 Å². The summed E-state index contributed by atoms with van der Waals surface area (Å²) >= 11 is 4.90. The Morgan fingerprint density at radius 2 is 1.75 bits per heavy atom. The standard InChI is InChI=1S/C8H8OS.H4N2/c1-9-8(10)7-5-3-2-4-6-7;1-2/h2-6H,1H3;1-2H2. The Labute approximate surface area is 77.3 Å². The van der Waals surface area contributed by atoms with Gasteiger partial charge in [-0.15, -0.1) is 0 Å². The lowest BCUT2D eigenvalue weighted by Gasteiger charge is -1.99. The Hall–Kier alpha value is -0.970. The summed E-state index contributed by atoms with van der Waals surface area (Å²) in [6, 6.07) is 9.65. The largest absolute Gasteiger partial charge is 0.486 e. The van der Waals surface area contributed by atoms with Gasteiger partial charge in [0.15, 0.2) is 5.05 Å². The van der Waals surface area contributed by atoms with E-state index in [-0.39, 0.29) is 0 Å². The molecule has 1 aromatic carbocycles. The van der Waals surface area contributed by atoms with Crippen molar-refractivity contribution in [3.63, 3.8) is 0 Å². The highest BCUT2D eigenvalue weighted by atomic mass is 32.1. The van der Waals surface area contributed by atoms with Gasteiger partial charge in [-0.1, -0.05) is 30.3 Å². The van der Waals surface area contributed by atoms with Crippen LogP contribution in [-0.4, -0.2) is 12.2 Å². The average Bonchev–Trinajstić information content (AvgIpc) is 2.21. The number of rotatable bonds is 1. The van der Waals surface area contributed by atoms with E-state index >= 15 is 0 Å². The Balaban J connectivity index is 0.000000561. The van der Waals surface area contributed by atoms with Gasteiger partial charge in [-0.2, -0.15) is 0 Å². The Morgan fingerprint density at radius 3 is 2.17 bits per heavy atom. The van der Waals surface area contributed by atoms with Crippen molar-refractivity contribution < 1.29 is 4.74 Å². The molecule has 0 unspecified atom stereocenters. The van der Waals surface area contributed by atoms with Gasteiger partial charge >= 0.3 is 0 Å². The number of ether oxygens (including phenoxy) is 1. The first-order chi connectivity index (χ1) is 5.84. The second kappa shape index (κ2) is 6.72. The molecule has 0 aromatic heterocycles. The minimum Gasteiger partial charge on any atom is -0.486 e. The van der Waals surface area contributed by atoms with Gasteiger partial charge < -0.3 is 4.74 Å². The second-order valence-corrected chi connectivity index (χ2v) is 2.23. The first-order valence-corrected chi connectivity index (χ1v) is 3.72. The van der Waals surface area contributed by atoms with Crippen molar-refractivity contribution in [2.45, 2.75) is 0 Å². The zero-order valence-electron chi connectivity index (χ0n) is 6.86. The van der Waals surface area contributed by atoms with Gasteiger partial charge in [-0.3, -0.25) is 11.7 Å². The van der Waals surface area contributed by atoms with Crippen molar-refractivity contribution in [3.05, 3.63) is 35.9 Å². The summed E-state index contributed by atoms with van der Waals surface area (Å²) in [5, 5.41) is 0.542. The van der Waals surface area contributed by atoms with E-state index < -0.39 is 0 Å². The molecule has 0 radical (unpaired) electrons.